The highest BCUT2D eigenvalue weighted by Crippen LogP contribution is 2.23. The highest BCUT2D eigenvalue weighted by molar-refractivity contribution is 7.91. The van der Waals surface area contributed by atoms with Gasteiger partial charge in [0.2, 0.25) is 0 Å². The van der Waals surface area contributed by atoms with E-state index in [0.29, 0.717) is 24.3 Å². The van der Waals surface area contributed by atoms with Crippen LogP contribution in [0.25, 0.3) is 0 Å². The Morgan fingerprint density at radius 1 is 1.35 bits per heavy atom. The number of ether oxygens (including phenoxy) is 1. The average Bonchev–Trinajstić information content (AvgIpc) is 2.64. The van der Waals surface area contributed by atoms with Gasteiger partial charge >= 0.3 is 0 Å². The van der Waals surface area contributed by atoms with Gasteiger partial charge in [-0.05, 0) is 44.5 Å². The molecule has 1 aliphatic rings. The Bertz CT molecular complexity index is 594. The van der Waals surface area contributed by atoms with Crippen LogP contribution in [0.15, 0.2) is 24.3 Å². The third kappa shape index (κ3) is 3.50. The Morgan fingerprint density at radius 2 is 2.00 bits per heavy atom. The van der Waals surface area contributed by atoms with Gasteiger partial charge in [-0.15, -0.1) is 0 Å². The van der Waals surface area contributed by atoms with Crippen LogP contribution in [0.4, 0.5) is 0 Å². The Morgan fingerprint density at radius 3 is 2.50 bits per heavy atom. The van der Waals surface area contributed by atoms with Crippen LogP contribution in [0.5, 0.6) is 5.75 Å². The Kier molecular flexibility index (Phi) is 4.04. The lowest BCUT2D eigenvalue weighted by Gasteiger charge is -2.23. The number of rotatable bonds is 4. The number of carbonyl (C=O) groups excluding carboxylic acids is 1. The molecule has 0 spiro atoms. The zero-order valence-electron chi connectivity index (χ0n) is 11.7. The fourth-order valence-electron chi connectivity index (χ4n) is 2.32. The van der Waals surface area contributed by atoms with Gasteiger partial charge in [0.1, 0.15) is 5.75 Å². The molecule has 1 N–H and O–H groups in total. The van der Waals surface area contributed by atoms with Gasteiger partial charge < -0.3 is 10.1 Å². The molecule has 0 radical (unpaired) electrons. The largest absolute Gasteiger partial charge is 0.494 e. The highest BCUT2D eigenvalue weighted by Gasteiger charge is 2.39. The standard InChI is InChI=1S/C14H19NO4S/c1-3-19-12-6-4-11(5-7-12)13(16)15-14(2)8-9-20(17,18)10-14/h4-7H,3,8-10H2,1-2H3,(H,15,16). The first-order valence-corrected chi connectivity index (χ1v) is 8.41. The van der Waals surface area contributed by atoms with E-state index in [4.69, 9.17) is 4.74 Å². The smallest absolute Gasteiger partial charge is 0.251 e. The second-order valence-electron chi connectivity index (χ2n) is 5.31. The molecule has 6 heteroatoms. The zero-order chi connectivity index (χ0) is 14.8. The summed E-state index contributed by atoms with van der Waals surface area (Å²) in [6.45, 7) is 4.23. The minimum atomic E-state index is -3.03. The van der Waals surface area contributed by atoms with Crippen molar-refractivity contribution >= 4 is 15.7 Å². The van der Waals surface area contributed by atoms with Crippen molar-refractivity contribution in [1.82, 2.24) is 5.32 Å². The first kappa shape index (κ1) is 14.8. The quantitative estimate of drug-likeness (QED) is 0.911. The molecule has 2 rings (SSSR count). The first-order valence-electron chi connectivity index (χ1n) is 6.59. The number of benzene rings is 1. The van der Waals surface area contributed by atoms with Gasteiger partial charge in [0.15, 0.2) is 9.84 Å². The SMILES string of the molecule is CCOc1ccc(C(=O)NC2(C)CCS(=O)(=O)C2)cc1. The normalized spacial score (nSPS) is 24.3. The van der Waals surface area contributed by atoms with Crippen LogP contribution in [-0.4, -0.2) is 38.0 Å². The predicted molar refractivity (Wildman–Crippen MR) is 76.8 cm³/mol. The van der Waals surface area contributed by atoms with Crippen LogP contribution in [0.2, 0.25) is 0 Å². The van der Waals surface area contributed by atoms with E-state index in [1.54, 1.807) is 31.2 Å². The molecule has 1 fully saturated rings. The molecule has 1 heterocycles. The van der Waals surface area contributed by atoms with E-state index >= 15 is 0 Å². The fraction of sp³-hybridized carbons (Fsp3) is 0.500. The minimum Gasteiger partial charge on any atom is -0.494 e. The predicted octanol–water partition coefficient (Wildman–Crippen LogP) is 1.39. The maximum Gasteiger partial charge on any atom is 0.251 e. The summed E-state index contributed by atoms with van der Waals surface area (Å²) in [6, 6.07) is 6.80. The molecule has 1 aromatic rings. The summed E-state index contributed by atoms with van der Waals surface area (Å²) >= 11 is 0. The van der Waals surface area contributed by atoms with Crippen molar-refractivity contribution in [3.05, 3.63) is 29.8 Å². The lowest BCUT2D eigenvalue weighted by molar-refractivity contribution is 0.0915. The van der Waals surface area contributed by atoms with Crippen LogP contribution >= 0.6 is 0 Å². The molecule has 0 saturated carbocycles. The molecule has 1 amide bonds. The van der Waals surface area contributed by atoms with Crippen molar-refractivity contribution in [2.75, 3.05) is 18.1 Å². The van der Waals surface area contributed by atoms with E-state index in [2.05, 4.69) is 5.32 Å². The van der Waals surface area contributed by atoms with E-state index in [0.717, 1.165) is 0 Å². The molecule has 0 bridgehead atoms. The number of amides is 1. The average molecular weight is 297 g/mol. The van der Waals surface area contributed by atoms with Gasteiger partial charge in [-0.1, -0.05) is 0 Å². The van der Waals surface area contributed by atoms with Crippen molar-refractivity contribution < 1.29 is 17.9 Å². The first-order chi connectivity index (χ1) is 9.34. The van der Waals surface area contributed by atoms with Crippen LogP contribution in [0.3, 0.4) is 0 Å². The third-order valence-electron chi connectivity index (χ3n) is 3.35. The van der Waals surface area contributed by atoms with E-state index in [9.17, 15) is 13.2 Å². The molecule has 0 aliphatic carbocycles. The Balaban J connectivity index is 2.05. The minimum absolute atomic E-state index is 0.00275. The molecule has 5 nitrogen and oxygen atoms in total. The maximum absolute atomic E-state index is 12.1. The van der Waals surface area contributed by atoms with Crippen molar-refractivity contribution in [1.29, 1.82) is 0 Å². The van der Waals surface area contributed by atoms with E-state index in [-0.39, 0.29) is 17.4 Å². The summed E-state index contributed by atoms with van der Waals surface area (Å²) in [4.78, 5) is 12.1. The summed E-state index contributed by atoms with van der Waals surface area (Å²) in [7, 11) is -3.03. The summed E-state index contributed by atoms with van der Waals surface area (Å²) in [5.41, 5.74) is -0.173. The number of sulfone groups is 1. The van der Waals surface area contributed by atoms with Gasteiger partial charge in [-0.25, -0.2) is 8.42 Å². The van der Waals surface area contributed by atoms with E-state index < -0.39 is 15.4 Å². The molecule has 1 atom stereocenters. The number of hydrogen-bond acceptors (Lipinski definition) is 4. The highest BCUT2D eigenvalue weighted by atomic mass is 32.2. The van der Waals surface area contributed by atoms with Gasteiger partial charge in [0, 0.05) is 5.56 Å². The second-order valence-corrected chi connectivity index (χ2v) is 7.50. The molecule has 20 heavy (non-hydrogen) atoms. The maximum atomic E-state index is 12.1. The number of nitrogens with one attached hydrogen (secondary N) is 1. The molecular weight excluding hydrogens is 278 g/mol. The summed E-state index contributed by atoms with van der Waals surface area (Å²) in [5, 5.41) is 2.82. The lowest BCUT2D eigenvalue weighted by atomic mass is 10.0. The van der Waals surface area contributed by atoms with Gasteiger partial charge in [0.25, 0.3) is 5.91 Å². The molecule has 0 aromatic heterocycles. The lowest BCUT2D eigenvalue weighted by Crippen LogP contribution is -2.46. The zero-order valence-corrected chi connectivity index (χ0v) is 12.5. The molecule has 1 aliphatic heterocycles. The Labute approximate surface area is 119 Å². The molecule has 1 unspecified atom stereocenters. The third-order valence-corrected chi connectivity index (χ3v) is 5.25. The van der Waals surface area contributed by atoms with E-state index in [1.165, 1.54) is 0 Å². The van der Waals surface area contributed by atoms with Gasteiger partial charge in [-0.3, -0.25) is 4.79 Å². The summed E-state index contributed by atoms with van der Waals surface area (Å²) in [5.74, 6) is 0.585. The molecule has 1 aromatic carbocycles. The van der Waals surface area contributed by atoms with Gasteiger partial charge in [0.05, 0.1) is 23.7 Å². The second kappa shape index (κ2) is 5.44. The summed E-state index contributed by atoms with van der Waals surface area (Å²) in [6.07, 6.45) is 0.456. The molecular formula is C14H19NO4S. The van der Waals surface area contributed by atoms with Crippen LogP contribution in [0, 0.1) is 0 Å². The van der Waals surface area contributed by atoms with Crippen LogP contribution in [-0.2, 0) is 9.84 Å². The van der Waals surface area contributed by atoms with Crippen LogP contribution in [0.1, 0.15) is 30.6 Å². The monoisotopic (exact) mass is 297 g/mol. The molecule has 110 valence electrons. The summed E-state index contributed by atoms with van der Waals surface area (Å²) < 4.78 is 28.3. The van der Waals surface area contributed by atoms with Crippen molar-refractivity contribution in [3.8, 4) is 5.75 Å². The van der Waals surface area contributed by atoms with E-state index in [1.807, 2.05) is 6.92 Å². The van der Waals surface area contributed by atoms with Crippen LogP contribution < -0.4 is 10.1 Å². The number of hydrogen-bond donors (Lipinski definition) is 1. The van der Waals surface area contributed by atoms with Gasteiger partial charge in [-0.2, -0.15) is 0 Å². The van der Waals surface area contributed by atoms with Crippen molar-refractivity contribution in [3.63, 3.8) is 0 Å². The fourth-order valence-corrected chi connectivity index (χ4v) is 4.42. The van der Waals surface area contributed by atoms with Crippen molar-refractivity contribution in [2.45, 2.75) is 25.8 Å². The van der Waals surface area contributed by atoms with Crippen molar-refractivity contribution in [2.24, 2.45) is 0 Å². The number of carbonyl (C=O) groups is 1. The Hall–Kier alpha value is -1.56. The topological polar surface area (TPSA) is 72.5 Å². The molecule has 1 saturated heterocycles.